The molecule has 3 aromatic rings. The topological polar surface area (TPSA) is 49.4 Å². The summed E-state index contributed by atoms with van der Waals surface area (Å²) in [5.41, 5.74) is 4.19. The standard InChI is InChI=1S/C27H28Cl2N2O2S/c1-19-8-6-7-11-22(19)17-34-18-26(32)31(16-21-12-13-23(28)24(29)14-21)25(27(33)30-2)15-20-9-4-3-5-10-20/h3-14,25H,15-18H2,1-2H3,(H,30,33)/t25-/m0/s1. The third-order valence-electron chi connectivity index (χ3n) is 5.60. The number of carbonyl (C=O) groups is 2. The first kappa shape index (κ1) is 26.1. The highest BCUT2D eigenvalue weighted by Gasteiger charge is 2.29. The Morgan fingerprint density at radius 1 is 0.941 bits per heavy atom. The largest absolute Gasteiger partial charge is 0.357 e. The number of aryl methyl sites for hydroxylation is 1. The average Bonchev–Trinajstić information content (AvgIpc) is 2.84. The Morgan fingerprint density at radius 3 is 2.32 bits per heavy atom. The van der Waals surface area contributed by atoms with Gasteiger partial charge in [-0.3, -0.25) is 9.59 Å². The van der Waals surface area contributed by atoms with E-state index in [-0.39, 0.29) is 24.1 Å². The molecule has 2 amide bonds. The second kappa shape index (κ2) is 12.8. The first-order valence-corrected chi connectivity index (χ1v) is 12.9. The van der Waals surface area contributed by atoms with Crippen LogP contribution in [0, 0.1) is 6.92 Å². The van der Waals surface area contributed by atoms with Gasteiger partial charge in [-0.25, -0.2) is 0 Å². The number of rotatable bonds is 10. The summed E-state index contributed by atoms with van der Waals surface area (Å²) in [5, 5.41) is 3.59. The van der Waals surface area contributed by atoms with Crippen molar-refractivity contribution in [2.45, 2.75) is 31.7 Å². The molecule has 3 aromatic carbocycles. The molecule has 0 fully saturated rings. The van der Waals surface area contributed by atoms with Crippen molar-refractivity contribution in [2.75, 3.05) is 12.8 Å². The van der Waals surface area contributed by atoms with E-state index >= 15 is 0 Å². The molecule has 0 radical (unpaired) electrons. The van der Waals surface area contributed by atoms with Crippen LogP contribution in [0.2, 0.25) is 10.0 Å². The molecule has 4 nitrogen and oxygen atoms in total. The van der Waals surface area contributed by atoms with Gasteiger partial charge in [-0.1, -0.05) is 83.9 Å². The van der Waals surface area contributed by atoms with Crippen LogP contribution in [0.5, 0.6) is 0 Å². The van der Waals surface area contributed by atoms with Crippen molar-refractivity contribution in [2.24, 2.45) is 0 Å². The van der Waals surface area contributed by atoms with E-state index in [4.69, 9.17) is 23.2 Å². The molecular weight excluding hydrogens is 487 g/mol. The van der Waals surface area contributed by atoms with Gasteiger partial charge in [-0.2, -0.15) is 0 Å². The predicted octanol–water partition coefficient (Wildman–Crippen LogP) is 5.92. The van der Waals surface area contributed by atoms with Crippen molar-refractivity contribution < 1.29 is 9.59 Å². The van der Waals surface area contributed by atoms with Crippen LogP contribution in [-0.4, -0.2) is 35.6 Å². The fourth-order valence-electron chi connectivity index (χ4n) is 3.66. The maximum absolute atomic E-state index is 13.5. The molecule has 0 aliphatic rings. The molecule has 7 heteroatoms. The molecule has 3 rings (SSSR count). The lowest BCUT2D eigenvalue weighted by Crippen LogP contribution is -2.50. The van der Waals surface area contributed by atoms with E-state index in [1.54, 1.807) is 35.8 Å². The van der Waals surface area contributed by atoms with Gasteiger partial charge in [0.05, 0.1) is 15.8 Å². The van der Waals surface area contributed by atoms with Gasteiger partial charge in [0.1, 0.15) is 6.04 Å². The number of nitrogens with zero attached hydrogens (tertiary/aromatic N) is 1. The van der Waals surface area contributed by atoms with E-state index < -0.39 is 6.04 Å². The van der Waals surface area contributed by atoms with Crippen LogP contribution < -0.4 is 5.32 Å². The summed E-state index contributed by atoms with van der Waals surface area (Å²) in [6, 6.07) is 22.5. The van der Waals surface area contributed by atoms with Gasteiger partial charge in [-0.05, 0) is 41.3 Å². The van der Waals surface area contributed by atoms with E-state index in [2.05, 4.69) is 24.4 Å². The van der Waals surface area contributed by atoms with Crippen molar-refractivity contribution in [1.29, 1.82) is 0 Å². The van der Waals surface area contributed by atoms with Crippen LogP contribution in [0.15, 0.2) is 72.8 Å². The third-order valence-corrected chi connectivity index (χ3v) is 7.30. The second-order valence-corrected chi connectivity index (χ2v) is 9.81. The van der Waals surface area contributed by atoms with Crippen LogP contribution in [0.1, 0.15) is 22.3 Å². The van der Waals surface area contributed by atoms with Gasteiger partial charge in [0.15, 0.2) is 0 Å². The molecular formula is C27H28Cl2N2O2S. The zero-order valence-corrected chi connectivity index (χ0v) is 21.6. The highest BCUT2D eigenvalue weighted by Crippen LogP contribution is 2.25. The van der Waals surface area contributed by atoms with Crippen LogP contribution >= 0.6 is 35.0 Å². The fraction of sp³-hybridized carbons (Fsp3) is 0.259. The van der Waals surface area contributed by atoms with Crippen molar-refractivity contribution in [1.82, 2.24) is 10.2 Å². The Morgan fingerprint density at radius 2 is 1.65 bits per heavy atom. The lowest BCUT2D eigenvalue weighted by molar-refractivity contribution is -0.139. The molecule has 0 aliphatic heterocycles. The smallest absolute Gasteiger partial charge is 0.242 e. The first-order valence-electron chi connectivity index (χ1n) is 11.0. The van der Waals surface area contributed by atoms with Crippen molar-refractivity contribution in [3.63, 3.8) is 0 Å². The molecule has 0 saturated carbocycles. The molecule has 0 saturated heterocycles. The lowest BCUT2D eigenvalue weighted by Gasteiger charge is -2.31. The van der Waals surface area contributed by atoms with E-state index in [0.29, 0.717) is 16.5 Å². The fourth-order valence-corrected chi connectivity index (χ4v) is 4.97. The van der Waals surface area contributed by atoms with E-state index in [9.17, 15) is 9.59 Å². The summed E-state index contributed by atoms with van der Waals surface area (Å²) in [6.07, 6.45) is 0.413. The van der Waals surface area contributed by atoms with Gasteiger partial charge in [0, 0.05) is 25.8 Å². The number of hydrogen-bond acceptors (Lipinski definition) is 3. The molecule has 0 unspecified atom stereocenters. The van der Waals surface area contributed by atoms with Crippen LogP contribution in [0.25, 0.3) is 0 Å². The van der Waals surface area contributed by atoms with E-state index in [0.717, 1.165) is 16.9 Å². The van der Waals surface area contributed by atoms with Gasteiger partial charge in [-0.15, -0.1) is 11.8 Å². The SMILES string of the molecule is CNC(=O)[C@H](Cc1ccccc1)N(Cc1ccc(Cl)c(Cl)c1)C(=O)CSCc1ccccc1C. The summed E-state index contributed by atoms with van der Waals surface area (Å²) in [6.45, 7) is 2.32. The molecule has 0 spiro atoms. The maximum Gasteiger partial charge on any atom is 0.242 e. The highest BCUT2D eigenvalue weighted by atomic mass is 35.5. The Labute approximate surface area is 215 Å². The lowest BCUT2D eigenvalue weighted by atomic mass is 10.0. The Kier molecular flexibility index (Phi) is 9.87. The Balaban J connectivity index is 1.84. The molecule has 178 valence electrons. The summed E-state index contributed by atoms with van der Waals surface area (Å²) >= 11 is 13.9. The monoisotopic (exact) mass is 514 g/mol. The zero-order chi connectivity index (χ0) is 24.5. The second-order valence-electron chi connectivity index (χ2n) is 8.01. The van der Waals surface area contributed by atoms with Crippen molar-refractivity contribution in [3.8, 4) is 0 Å². The quantitative estimate of drug-likeness (QED) is 0.365. The number of benzene rings is 3. The number of halogens is 2. The number of likely N-dealkylation sites (N-methyl/N-ethyl adjacent to an activating group) is 1. The number of carbonyl (C=O) groups excluding carboxylic acids is 2. The van der Waals surface area contributed by atoms with Gasteiger partial charge in [0.25, 0.3) is 0 Å². The zero-order valence-electron chi connectivity index (χ0n) is 19.3. The highest BCUT2D eigenvalue weighted by molar-refractivity contribution is 7.99. The minimum Gasteiger partial charge on any atom is -0.357 e. The van der Waals surface area contributed by atoms with Crippen LogP contribution in [-0.2, 0) is 28.3 Å². The van der Waals surface area contributed by atoms with Gasteiger partial charge in [0.2, 0.25) is 11.8 Å². The number of hydrogen-bond donors (Lipinski definition) is 1. The predicted molar refractivity (Wildman–Crippen MR) is 142 cm³/mol. The van der Waals surface area contributed by atoms with Crippen molar-refractivity contribution >= 4 is 46.8 Å². The number of nitrogens with one attached hydrogen (secondary N) is 1. The minimum absolute atomic E-state index is 0.103. The summed E-state index contributed by atoms with van der Waals surface area (Å²) in [7, 11) is 1.59. The van der Waals surface area contributed by atoms with E-state index in [1.165, 1.54) is 11.1 Å². The molecule has 0 aliphatic carbocycles. The Hall–Kier alpha value is -2.47. The molecule has 0 aromatic heterocycles. The van der Waals surface area contributed by atoms with Gasteiger partial charge < -0.3 is 10.2 Å². The van der Waals surface area contributed by atoms with Crippen molar-refractivity contribution in [3.05, 3.63) is 105 Å². The summed E-state index contributed by atoms with van der Waals surface area (Å²) in [4.78, 5) is 28.1. The number of thioether (sulfide) groups is 1. The third kappa shape index (κ3) is 7.26. The molecule has 1 N–H and O–H groups in total. The molecule has 0 bridgehead atoms. The Bertz CT molecular complexity index is 1120. The summed E-state index contributed by atoms with van der Waals surface area (Å²) in [5.74, 6) is 0.677. The molecule has 34 heavy (non-hydrogen) atoms. The summed E-state index contributed by atoms with van der Waals surface area (Å²) < 4.78 is 0. The normalized spacial score (nSPS) is 11.6. The first-order chi connectivity index (χ1) is 16.4. The van der Waals surface area contributed by atoms with E-state index in [1.807, 2.05) is 48.5 Å². The average molecular weight is 516 g/mol. The molecule has 0 heterocycles. The maximum atomic E-state index is 13.5. The van der Waals surface area contributed by atoms with Gasteiger partial charge >= 0.3 is 0 Å². The van der Waals surface area contributed by atoms with Crippen LogP contribution in [0.3, 0.4) is 0 Å². The number of amides is 2. The van der Waals surface area contributed by atoms with Crippen LogP contribution in [0.4, 0.5) is 0 Å². The minimum atomic E-state index is -0.659. The molecule has 1 atom stereocenters.